The van der Waals surface area contributed by atoms with Gasteiger partial charge in [0.2, 0.25) is 5.75 Å². The van der Waals surface area contributed by atoms with Crippen molar-refractivity contribution < 1.29 is 5.11 Å². The normalized spacial score (nSPS) is 17.6. The zero-order valence-electron chi connectivity index (χ0n) is 5.37. The molecule has 0 bridgehead atoms. The highest BCUT2D eigenvalue weighted by Gasteiger charge is 2.24. The van der Waals surface area contributed by atoms with E-state index in [2.05, 4.69) is 5.10 Å². The van der Waals surface area contributed by atoms with Gasteiger partial charge in [-0.05, 0) is 12.8 Å². The van der Waals surface area contributed by atoms with Gasteiger partial charge in [0.05, 0.1) is 12.2 Å². The summed E-state index contributed by atoms with van der Waals surface area (Å²) in [5.74, 6) is -0.188. The number of H-pyrrole nitrogens is 1. The molecule has 1 aromatic rings. The van der Waals surface area contributed by atoms with Gasteiger partial charge in [0.15, 0.2) is 0 Å². The summed E-state index contributed by atoms with van der Waals surface area (Å²) >= 11 is 0. The maximum Gasteiger partial charge on any atom is 0.306 e. The van der Waals surface area contributed by atoms with Crippen molar-refractivity contribution in [2.75, 3.05) is 0 Å². The van der Waals surface area contributed by atoms with E-state index in [0.717, 1.165) is 12.8 Å². The Balaban J connectivity index is 2.43. The lowest BCUT2D eigenvalue weighted by Crippen LogP contribution is -2.03. The fraction of sp³-hybridized carbons (Fsp3) is 0.500. The summed E-state index contributed by atoms with van der Waals surface area (Å²) in [4.78, 5) is 10.6. The van der Waals surface area contributed by atoms with Crippen molar-refractivity contribution in [1.29, 1.82) is 0 Å². The predicted molar refractivity (Wildman–Crippen MR) is 35.0 cm³/mol. The number of aromatic nitrogens is 2. The minimum absolute atomic E-state index is 0.188. The van der Waals surface area contributed by atoms with Crippen LogP contribution in [0.1, 0.15) is 18.9 Å². The van der Waals surface area contributed by atoms with E-state index in [0.29, 0.717) is 6.04 Å². The van der Waals surface area contributed by atoms with Crippen LogP contribution in [-0.2, 0) is 0 Å². The molecule has 0 unspecified atom stereocenters. The molecular formula is C6H8N2O2. The van der Waals surface area contributed by atoms with Crippen LogP contribution in [0.4, 0.5) is 0 Å². The van der Waals surface area contributed by atoms with Gasteiger partial charge in [-0.1, -0.05) is 0 Å². The Bertz CT molecular complexity index is 295. The molecule has 2 rings (SSSR count). The quantitative estimate of drug-likeness (QED) is 0.586. The van der Waals surface area contributed by atoms with Crippen LogP contribution < -0.4 is 5.56 Å². The maximum absolute atomic E-state index is 10.6. The second kappa shape index (κ2) is 1.65. The molecule has 0 aliphatic heterocycles. The molecule has 4 nitrogen and oxygen atoms in total. The number of hydrogen-bond donors (Lipinski definition) is 2. The van der Waals surface area contributed by atoms with Crippen LogP contribution in [0.25, 0.3) is 0 Å². The van der Waals surface area contributed by atoms with Crippen molar-refractivity contribution >= 4 is 0 Å². The molecule has 0 radical (unpaired) electrons. The van der Waals surface area contributed by atoms with Crippen LogP contribution in [0.5, 0.6) is 5.75 Å². The molecule has 0 aromatic carbocycles. The fourth-order valence-corrected chi connectivity index (χ4v) is 0.947. The van der Waals surface area contributed by atoms with E-state index in [9.17, 15) is 4.79 Å². The Labute approximate surface area is 57.1 Å². The maximum atomic E-state index is 10.6. The molecule has 1 saturated carbocycles. The van der Waals surface area contributed by atoms with Crippen LogP contribution >= 0.6 is 0 Å². The minimum atomic E-state index is -0.396. The predicted octanol–water partition coefficient (Wildman–Crippen LogP) is 0.217. The van der Waals surface area contributed by atoms with Gasteiger partial charge in [0.25, 0.3) is 0 Å². The van der Waals surface area contributed by atoms with E-state index in [1.165, 1.54) is 6.20 Å². The highest BCUT2D eigenvalue weighted by molar-refractivity contribution is 5.10. The Hall–Kier alpha value is -1.19. The zero-order valence-corrected chi connectivity index (χ0v) is 5.37. The first-order chi connectivity index (χ1) is 4.77. The second-order valence-corrected chi connectivity index (χ2v) is 2.59. The third-order valence-electron chi connectivity index (χ3n) is 1.66. The number of nitrogens with zero attached hydrogens (tertiary/aromatic N) is 1. The van der Waals surface area contributed by atoms with Crippen molar-refractivity contribution in [2.24, 2.45) is 0 Å². The van der Waals surface area contributed by atoms with Gasteiger partial charge in [0.1, 0.15) is 0 Å². The van der Waals surface area contributed by atoms with Crippen LogP contribution in [-0.4, -0.2) is 14.9 Å². The van der Waals surface area contributed by atoms with Crippen molar-refractivity contribution in [3.8, 4) is 5.75 Å². The first-order valence-corrected chi connectivity index (χ1v) is 3.27. The largest absolute Gasteiger partial charge is 0.502 e. The lowest BCUT2D eigenvalue weighted by atomic mass is 10.6. The third kappa shape index (κ3) is 0.725. The topological polar surface area (TPSA) is 58.0 Å². The van der Waals surface area contributed by atoms with Crippen molar-refractivity contribution in [3.63, 3.8) is 0 Å². The van der Waals surface area contributed by atoms with Crippen LogP contribution in [0.2, 0.25) is 0 Å². The molecular weight excluding hydrogens is 132 g/mol. The van der Waals surface area contributed by atoms with Crippen molar-refractivity contribution in [2.45, 2.75) is 18.9 Å². The number of hydrogen-bond acceptors (Lipinski definition) is 2. The van der Waals surface area contributed by atoms with E-state index in [1.54, 1.807) is 4.68 Å². The van der Waals surface area contributed by atoms with E-state index >= 15 is 0 Å². The number of aromatic amines is 1. The molecule has 0 atom stereocenters. The minimum Gasteiger partial charge on any atom is -0.502 e. The van der Waals surface area contributed by atoms with Gasteiger partial charge in [-0.15, -0.1) is 0 Å². The Kier molecular flexibility index (Phi) is 0.922. The third-order valence-corrected chi connectivity index (χ3v) is 1.66. The van der Waals surface area contributed by atoms with Gasteiger partial charge in [-0.2, -0.15) is 0 Å². The van der Waals surface area contributed by atoms with Gasteiger partial charge < -0.3 is 5.11 Å². The number of rotatable bonds is 1. The molecule has 1 aliphatic carbocycles. The molecule has 0 spiro atoms. The van der Waals surface area contributed by atoms with Crippen molar-refractivity contribution in [1.82, 2.24) is 9.78 Å². The lowest BCUT2D eigenvalue weighted by molar-refractivity contribution is 0.469. The molecule has 4 heteroatoms. The lowest BCUT2D eigenvalue weighted by Gasteiger charge is -1.92. The molecule has 1 aromatic heterocycles. The average molecular weight is 140 g/mol. The summed E-state index contributed by atoms with van der Waals surface area (Å²) < 4.78 is 1.66. The van der Waals surface area contributed by atoms with Crippen molar-refractivity contribution in [3.05, 3.63) is 16.6 Å². The highest BCUT2D eigenvalue weighted by Crippen LogP contribution is 2.33. The molecule has 2 N–H and O–H groups in total. The van der Waals surface area contributed by atoms with Crippen LogP contribution in [0.15, 0.2) is 11.0 Å². The Morgan fingerprint density at radius 1 is 1.70 bits per heavy atom. The molecule has 54 valence electrons. The number of nitrogens with one attached hydrogen (secondary N) is 1. The molecule has 1 aliphatic rings. The standard InChI is InChI=1S/C6H8N2O2/c9-5-3-8(4-1-2-4)7-6(5)10/h3-4,9H,1-2H2,(H,7,10). The summed E-state index contributed by atoms with van der Waals surface area (Å²) in [6.45, 7) is 0. The molecule has 1 heterocycles. The number of aromatic hydroxyl groups is 1. The van der Waals surface area contributed by atoms with Crippen LogP contribution in [0.3, 0.4) is 0 Å². The second-order valence-electron chi connectivity index (χ2n) is 2.59. The average Bonchev–Trinajstić information content (AvgIpc) is 2.64. The summed E-state index contributed by atoms with van der Waals surface area (Å²) in [6.07, 6.45) is 3.65. The Morgan fingerprint density at radius 3 is 2.80 bits per heavy atom. The summed E-state index contributed by atoms with van der Waals surface area (Å²) in [5.41, 5.74) is -0.396. The monoisotopic (exact) mass is 140 g/mol. The van der Waals surface area contributed by atoms with E-state index in [4.69, 9.17) is 5.11 Å². The summed E-state index contributed by atoms with van der Waals surface area (Å²) in [5, 5.41) is 11.4. The molecule has 10 heavy (non-hydrogen) atoms. The highest BCUT2D eigenvalue weighted by atomic mass is 16.3. The van der Waals surface area contributed by atoms with E-state index in [1.807, 2.05) is 0 Å². The first kappa shape index (κ1) is 5.58. The Morgan fingerprint density at radius 2 is 2.40 bits per heavy atom. The van der Waals surface area contributed by atoms with E-state index in [-0.39, 0.29) is 5.75 Å². The van der Waals surface area contributed by atoms with Gasteiger partial charge >= 0.3 is 5.56 Å². The fourth-order valence-electron chi connectivity index (χ4n) is 0.947. The first-order valence-electron chi connectivity index (χ1n) is 3.27. The van der Waals surface area contributed by atoms with Gasteiger partial charge in [0, 0.05) is 0 Å². The van der Waals surface area contributed by atoms with E-state index < -0.39 is 5.56 Å². The summed E-state index contributed by atoms with van der Waals surface area (Å²) in [6, 6.07) is 0.425. The van der Waals surface area contributed by atoms with Gasteiger partial charge in [-0.25, -0.2) is 0 Å². The molecule has 1 fully saturated rings. The summed E-state index contributed by atoms with van der Waals surface area (Å²) in [7, 11) is 0. The molecule has 0 amide bonds. The van der Waals surface area contributed by atoms with Gasteiger partial charge in [-0.3, -0.25) is 14.6 Å². The molecule has 0 saturated heterocycles. The smallest absolute Gasteiger partial charge is 0.306 e. The SMILES string of the molecule is O=c1[nH]n(C2CC2)cc1O. The van der Waals surface area contributed by atoms with Crippen LogP contribution in [0, 0.1) is 0 Å². The zero-order chi connectivity index (χ0) is 7.14.